The van der Waals surface area contributed by atoms with Crippen LogP contribution in [0.25, 0.3) is 17.0 Å². The molecule has 0 radical (unpaired) electrons. The van der Waals surface area contributed by atoms with Crippen molar-refractivity contribution in [3.8, 4) is 0 Å². The third kappa shape index (κ3) is 4.48. The maximum atomic E-state index is 12.6. The maximum absolute atomic E-state index is 12.6. The number of hydrogen-bond acceptors (Lipinski definition) is 5. The average molecular weight is 447 g/mol. The monoisotopic (exact) mass is 446 g/mol. The van der Waals surface area contributed by atoms with Crippen LogP contribution in [0.1, 0.15) is 17.2 Å². The molecule has 158 valence electrons. The highest BCUT2D eigenvalue weighted by atomic mass is 35.5. The molecule has 3 aromatic rings. The Morgan fingerprint density at radius 2 is 1.87 bits per heavy atom. The number of benzene rings is 2. The van der Waals surface area contributed by atoms with Crippen LogP contribution in [-0.2, 0) is 11.8 Å². The highest BCUT2D eigenvalue weighted by molar-refractivity contribution is 6.13. The van der Waals surface area contributed by atoms with Gasteiger partial charge in [0.1, 0.15) is 5.70 Å². The van der Waals surface area contributed by atoms with E-state index < -0.39 is 0 Å². The Hall–Kier alpha value is -2.87. The molecule has 4 rings (SSSR count). The SMILES string of the molecule is CN1C(=O)/C(=C/c2ccc3c(cnn3C)c2)N=C1NC(CN)c1ccccc1.Cl.Cl. The number of aliphatic imine (C=N–C) groups is 1. The molecule has 0 bridgehead atoms. The summed E-state index contributed by atoms with van der Waals surface area (Å²) in [6, 6.07) is 15.7. The number of halogens is 2. The number of nitrogens with zero attached hydrogens (tertiary/aromatic N) is 4. The van der Waals surface area contributed by atoms with Gasteiger partial charge < -0.3 is 11.1 Å². The van der Waals surface area contributed by atoms with Crippen LogP contribution in [0.3, 0.4) is 0 Å². The third-order valence-electron chi connectivity index (χ3n) is 4.88. The van der Waals surface area contributed by atoms with Crippen LogP contribution in [0.5, 0.6) is 0 Å². The van der Waals surface area contributed by atoms with E-state index in [9.17, 15) is 4.79 Å². The van der Waals surface area contributed by atoms with Gasteiger partial charge in [0.25, 0.3) is 5.91 Å². The van der Waals surface area contributed by atoms with Crippen molar-refractivity contribution in [2.75, 3.05) is 13.6 Å². The van der Waals surface area contributed by atoms with Crippen LogP contribution < -0.4 is 11.1 Å². The van der Waals surface area contributed by atoms with E-state index in [0.717, 1.165) is 22.0 Å². The lowest BCUT2D eigenvalue weighted by atomic mass is 10.1. The molecule has 0 spiro atoms. The fraction of sp³-hybridized carbons (Fsp3) is 0.190. The Balaban J connectivity index is 0.00000160. The second kappa shape index (κ2) is 9.75. The van der Waals surface area contributed by atoms with Crippen LogP contribution >= 0.6 is 24.8 Å². The van der Waals surface area contributed by atoms with E-state index in [1.807, 2.05) is 66.5 Å². The normalized spacial score (nSPS) is 15.6. The fourth-order valence-corrected chi connectivity index (χ4v) is 3.28. The van der Waals surface area contributed by atoms with Gasteiger partial charge in [-0.2, -0.15) is 5.10 Å². The van der Waals surface area contributed by atoms with E-state index in [1.54, 1.807) is 13.1 Å². The number of aryl methyl sites for hydroxylation is 1. The Morgan fingerprint density at radius 1 is 1.13 bits per heavy atom. The van der Waals surface area contributed by atoms with E-state index in [1.165, 1.54) is 4.90 Å². The van der Waals surface area contributed by atoms with Gasteiger partial charge in [0.2, 0.25) is 5.96 Å². The molecule has 3 N–H and O–H groups in total. The molecule has 1 aromatic heterocycles. The topological polar surface area (TPSA) is 88.5 Å². The Labute approximate surface area is 187 Å². The first kappa shape index (κ1) is 23.4. The summed E-state index contributed by atoms with van der Waals surface area (Å²) in [6.45, 7) is 0.391. The molecule has 0 fully saturated rings. The number of likely N-dealkylation sites (N-methyl/N-ethyl adjacent to an activating group) is 1. The molecular weight excluding hydrogens is 423 g/mol. The molecule has 0 saturated carbocycles. The number of carbonyl (C=O) groups is 1. The molecular formula is C21H24Cl2N6O. The number of guanidine groups is 1. The molecule has 1 amide bonds. The van der Waals surface area contributed by atoms with Crippen LogP contribution in [0.2, 0.25) is 0 Å². The number of rotatable bonds is 4. The minimum atomic E-state index is -0.155. The van der Waals surface area contributed by atoms with Crippen LogP contribution in [0.15, 0.2) is 65.4 Å². The van der Waals surface area contributed by atoms with E-state index >= 15 is 0 Å². The summed E-state index contributed by atoms with van der Waals surface area (Å²) in [5.41, 5.74) is 9.31. The average Bonchev–Trinajstić information content (AvgIpc) is 3.21. The summed E-state index contributed by atoms with van der Waals surface area (Å²) in [7, 11) is 3.61. The lowest BCUT2D eigenvalue weighted by Crippen LogP contribution is -2.42. The van der Waals surface area contributed by atoms with Crippen molar-refractivity contribution < 1.29 is 4.79 Å². The molecule has 2 heterocycles. The van der Waals surface area contributed by atoms with Crippen molar-refractivity contribution in [2.24, 2.45) is 17.8 Å². The standard InChI is InChI=1S/C21H22N6O.2ClH/c1-26-20(28)17(11-14-8-9-19-16(10-14)13-23-27(19)2)24-21(26)25-18(12-22)15-6-4-3-5-7-15;;/h3-11,13,18H,12,22H2,1-2H3,(H,24,25);2*1H/b17-11-;;. The third-order valence-corrected chi connectivity index (χ3v) is 4.88. The maximum Gasteiger partial charge on any atom is 0.279 e. The highest BCUT2D eigenvalue weighted by Crippen LogP contribution is 2.21. The molecule has 1 unspecified atom stereocenters. The van der Waals surface area contributed by atoms with E-state index in [4.69, 9.17) is 5.73 Å². The second-order valence-corrected chi connectivity index (χ2v) is 6.76. The summed E-state index contributed by atoms with van der Waals surface area (Å²) in [5.74, 6) is 0.343. The number of nitrogens with one attached hydrogen (secondary N) is 1. The number of carbonyl (C=O) groups excluding carboxylic acids is 1. The van der Waals surface area contributed by atoms with Crippen molar-refractivity contribution >= 4 is 53.7 Å². The quantitative estimate of drug-likeness (QED) is 0.602. The summed E-state index contributed by atoms with van der Waals surface area (Å²) < 4.78 is 1.82. The molecule has 30 heavy (non-hydrogen) atoms. The lowest BCUT2D eigenvalue weighted by Gasteiger charge is -2.21. The van der Waals surface area contributed by atoms with Gasteiger partial charge in [-0.25, -0.2) is 4.99 Å². The number of nitrogens with two attached hydrogens (primary N) is 1. The largest absolute Gasteiger partial charge is 0.347 e. The van der Waals surface area contributed by atoms with E-state index in [-0.39, 0.29) is 36.8 Å². The first-order chi connectivity index (χ1) is 13.6. The van der Waals surface area contributed by atoms with Gasteiger partial charge in [-0.05, 0) is 29.3 Å². The van der Waals surface area contributed by atoms with E-state index in [0.29, 0.717) is 18.2 Å². The summed E-state index contributed by atoms with van der Waals surface area (Å²) >= 11 is 0. The summed E-state index contributed by atoms with van der Waals surface area (Å²) in [6.07, 6.45) is 3.60. The molecule has 1 aliphatic heterocycles. The van der Waals surface area contributed by atoms with Gasteiger partial charge in [0.05, 0.1) is 17.8 Å². The first-order valence-corrected chi connectivity index (χ1v) is 9.08. The molecule has 7 nitrogen and oxygen atoms in total. The van der Waals surface area contributed by atoms with Crippen molar-refractivity contribution in [1.82, 2.24) is 20.0 Å². The molecule has 1 aliphatic rings. The smallest absolute Gasteiger partial charge is 0.279 e. The molecule has 0 saturated heterocycles. The zero-order valence-corrected chi connectivity index (χ0v) is 18.3. The Bertz CT molecular complexity index is 1090. The minimum Gasteiger partial charge on any atom is -0.347 e. The molecule has 9 heteroatoms. The predicted octanol–water partition coefficient (Wildman–Crippen LogP) is 2.88. The van der Waals surface area contributed by atoms with Gasteiger partial charge in [0, 0.05) is 26.0 Å². The second-order valence-electron chi connectivity index (χ2n) is 6.76. The fourth-order valence-electron chi connectivity index (χ4n) is 3.28. The molecule has 1 atom stereocenters. The van der Waals surface area contributed by atoms with Gasteiger partial charge >= 0.3 is 0 Å². The van der Waals surface area contributed by atoms with Crippen molar-refractivity contribution in [3.05, 3.63) is 71.6 Å². The Kier molecular flexibility index (Phi) is 7.61. The van der Waals surface area contributed by atoms with Gasteiger partial charge in [-0.1, -0.05) is 36.4 Å². The number of aromatic nitrogens is 2. The van der Waals surface area contributed by atoms with Crippen molar-refractivity contribution in [1.29, 1.82) is 0 Å². The minimum absolute atomic E-state index is 0. The number of hydrogen-bond donors (Lipinski definition) is 2. The zero-order valence-electron chi connectivity index (χ0n) is 16.6. The lowest BCUT2D eigenvalue weighted by molar-refractivity contribution is -0.121. The predicted molar refractivity (Wildman–Crippen MR) is 125 cm³/mol. The van der Waals surface area contributed by atoms with E-state index in [2.05, 4.69) is 15.4 Å². The van der Waals surface area contributed by atoms with Gasteiger partial charge in [-0.3, -0.25) is 14.4 Å². The summed E-state index contributed by atoms with van der Waals surface area (Å²) in [4.78, 5) is 18.7. The van der Waals surface area contributed by atoms with Gasteiger partial charge in [-0.15, -0.1) is 24.8 Å². The number of fused-ring (bicyclic) bond motifs is 1. The Morgan fingerprint density at radius 3 is 2.57 bits per heavy atom. The van der Waals surface area contributed by atoms with Gasteiger partial charge in [0.15, 0.2) is 0 Å². The van der Waals surface area contributed by atoms with Crippen molar-refractivity contribution in [2.45, 2.75) is 6.04 Å². The number of amides is 1. The molecule has 0 aliphatic carbocycles. The first-order valence-electron chi connectivity index (χ1n) is 9.08. The van der Waals surface area contributed by atoms with Crippen LogP contribution in [0, 0.1) is 0 Å². The summed E-state index contributed by atoms with van der Waals surface area (Å²) in [5, 5.41) is 8.56. The van der Waals surface area contributed by atoms with Crippen LogP contribution in [-0.4, -0.2) is 40.1 Å². The highest BCUT2D eigenvalue weighted by Gasteiger charge is 2.28. The zero-order chi connectivity index (χ0) is 19.7. The van der Waals surface area contributed by atoms with Crippen molar-refractivity contribution in [3.63, 3.8) is 0 Å². The molecule has 2 aromatic carbocycles. The van der Waals surface area contributed by atoms with Crippen LogP contribution in [0.4, 0.5) is 0 Å².